The highest BCUT2D eigenvalue weighted by Crippen LogP contribution is 2.36. The van der Waals surface area contributed by atoms with Gasteiger partial charge in [0.1, 0.15) is 34.7 Å². The second-order valence-corrected chi connectivity index (χ2v) is 9.41. The molecule has 206 valence electrons. The number of halogens is 3. The van der Waals surface area contributed by atoms with Crippen molar-refractivity contribution in [2.45, 2.75) is 38.1 Å². The van der Waals surface area contributed by atoms with E-state index in [1.807, 2.05) is 11.6 Å². The van der Waals surface area contributed by atoms with Crippen LogP contribution in [0.2, 0.25) is 0 Å². The Kier molecular flexibility index (Phi) is 7.28. The highest BCUT2D eigenvalue weighted by Gasteiger charge is 2.32. The van der Waals surface area contributed by atoms with Gasteiger partial charge < -0.3 is 14.4 Å². The minimum Gasteiger partial charge on any atom is -0.481 e. The Hall–Kier alpha value is -4.69. The van der Waals surface area contributed by atoms with E-state index in [0.717, 1.165) is 30.8 Å². The van der Waals surface area contributed by atoms with Crippen LogP contribution in [0.15, 0.2) is 36.9 Å². The molecule has 1 atom stereocenters. The summed E-state index contributed by atoms with van der Waals surface area (Å²) in [6, 6.07) is 4.79. The minimum atomic E-state index is -4.58. The third-order valence-corrected chi connectivity index (χ3v) is 6.90. The van der Waals surface area contributed by atoms with Gasteiger partial charge in [0.05, 0.1) is 30.1 Å². The second kappa shape index (κ2) is 10.8. The third-order valence-electron chi connectivity index (χ3n) is 6.90. The Morgan fingerprint density at radius 1 is 1.15 bits per heavy atom. The zero-order valence-electron chi connectivity index (χ0n) is 21.6. The number of nitrogens with zero attached hydrogens (tertiary/aromatic N) is 9. The fourth-order valence-corrected chi connectivity index (χ4v) is 4.84. The van der Waals surface area contributed by atoms with Crippen LogP contribution in [-0.4, -0.2) is 61.3 Å². The maximum Gasteiger partial charge on any atom is 0.417 e. The van der Waals surface area contributed by atoms with Gasteiger partial charge in [-0.15, -0.1) is 5.10 Å². The largest absolute Gasteiger partial charge is 0.481 e. The van der Waals surface area contributed by atoms with E-state index in [1.165, 1.54) is 24.0 Å². The van der Waals surface area contributed by atoms with Crippen molar-refractivity contribution in [3.63, 3.8) is 0 Å². The first-order valence-corrected chi connectivity index (χ1v) is 12.4. The van der Waals surface area contributed by atoms with E-state index in [1.54, 1.807) is 17.2 Å². The average molecular weight is 552 g/mol. The van der Waals surface area contributed by atoms with Crippen molar-refractivity contribution in [3.05, 3.63) is 59.3 Å². The molecule has 11 nitrogen and oxygen atoms in total. The van der Waals surface area contributed by atoms with Gasteiger partial charge in [0.25, 0.3) is 0 Å². The van der Waals surface area contributed by atoms with E-state index in [2.05, 4.69) is 32.7 Å². The number of ether oxygens (including phenoxy) is 2. The monoisotopic (exact) mass is 551 g/mol. The summed E-state index contributed by atoms with van der Waals surface area (Å²) in [5.74, 6) is 0.210. The van der Waals surface area contributed by atoms with Crippen LogP contribution in [0, 0.1) is 29.7 Å². The van der Waals surface area contributed by atoms with Crippen LogP contribution in [0.25, 0.3) is 16.8 Å². The number of methoxy groups -OCH3 is 1. The Bertz CT molecular complexity index is 1610. The summed E-state index contributed by atoms with van der Waals surface area (Å²) in [6.45, 7) is 3.08. The lowest BCUT2D eigenvalue weighted by atomic mass is 10.0. The molecule has 1 saturated heterocycles. The molecule has 0 N–H and O–H groups in total. The fraction of sp³-hybridized carbons (Fsp3) is 0.385. The van der Waals surface area contributed by atoms with Gasteiger partial charge in [-0.25, -0.2) is 9.20 Å². The van der Waals surface area contributed by atoms with Gasteiger partial charge >= 0.3 is 6.18 Å². The molecule has 0 radical (unpaired) electrons. The first-order chi connectivity index (χ1) is 19.2. The zero-order valence-corrected chi connectivity index (χ0v) is 21.6. The molecular weight excluding hydrogens is 527 g/mol. The molecule has 1 unspecified atom stereocenters. The van der Waals surface area contributed by atoms with Crippen molar-refractivity contribution in [2.75, 3.05) is 26.8 Å². The Morgan fingerprint density at radius 3 is 2.60 bits per heavy atom. The number of aromatic nitrogens is 6. The molecular formula is C26H24F3N9O2. The van der Waals surface area contributed by atoms with Gasteiger partial charge in [-0.3, -0.25) is 4.98 Å². The standard InChI is InChI=1S/C26H24F3N9O2/c1-16-24(34-35-38(16)21-3-5-36(15-31)6-4-21)18-8-22(25-19(9-30)11-33-37(25)13-18)40-23(14-39-2)17-7-20(12-32-10-17)26(27,28)29/h7-8,10-13,21,23H,3-6,14H2,1-2H3. The zero-order chi connectivity index (χ0) is 28.4. The summed E-state index contributed by atoms with van der Waals surface area (Å²) in [5, 5.41) is 31.9. The first kappa shape index (κ1) is 26.9. The van der Waals surface area contributed by atoms with Crippen molar-refractivity contribution in [1.29, 1.82) is 10.5 Å². The van der Waals surface area contributed by atoms with Crippen LogP contribution in [0.5, 0.6) is 5.75 Å². The number of piperidine rings is 1. The summed E-state index contributed by atoms with van der Waals surface area (Å²) in [6.07, 6.45) is 3.23. The molecule has 5 rings (SSSR count). The van der Waals surface area contributed by atoms with Crippen molar-refractivity contribution in [2.24, 2.45) is 0 Å². The first-order valence-electron chi connectivity index (χ1n) is 12.4. The lowest BCUT2D eigenvalue weighted by Gasteiger charge is -2.28. The van der Waals surface area contributed by atoms with E-state index >= 15 is 0 Å². The Labute approximate surface area is 227 Å². The SMILES string of the molecule is COCC(Oc1cc(-c2nnn(C3CCN(C#N)CC3)c2C)cn2ncc(C#N)c12)c1cncc(C(F)(F)F)c1. The van der Waals surface area contributed by atoms with Crippen molar-refractivity contribution in [3.8, 4) is 29.3 Å². The lowest BCUT2D eigenvalue weighted by Crippen LogP contribution is -2.31. The molecule has 0 spiro atoms. The van der Waals surface area contributed by atoms with Crippen LogP contribution in [0.4, 0.5) is 13.2 Å². The fourth-order valence-electron chi connectivity index (χ4n) is 4.84. The number of fused-ring (bicyclic) bond motifs is 1. The number of alkyl halides is 3. The number of rotatable bonds is 7. The van der Waals surface area contributed by atoms with Gasteiger partial charge in [0.15, 0.2) is 6.19 Å². The third kappa shape index (κ3) is 5.13. The summed E-state index contributed by atoms with van der Waals surface area (Å²) < 4.78 is 54.9. The molecule has 1 aliphatic heterocycles. The number of hydrogen-bond donors (Lipinski definition) is 0. The maximum absolute atomic E-state index is 13.4. The summed E-state index contributed by atoms with van der Waals surface area (Å²) in [4.78, 5) is 5.46. The highest BCUT2D eigenvalue weighted by atomic mass is 19.4. The number of likely N-dealkylation sites (tertiary alicyclic amines) is 1. The smallest absolute Gasteiger partial charge is 0.417 e. The molecule has 0 aliphatic carbocycles. The van der Waals surface area contributed by atoms with Crippen LogP contribution in [-0.2, 0) is 10.9 Å². The quantitative estimate of drug-likeness (QED) is 0.312. The van der Waals surface area contributed by atoms with Gasteiger partial charge in [0.2, 0.25) is 0 Å². The normalized spacial score (nSPS) is 15.1. The molecule has 14 heteroatoms. The lowest BCUT2D eigenvalue weighted by molar-refractivity contribution is -0.137. The summed E-state index contributed by atoms with van der Waals surface area (Å²) in [7, 11) is 1.41. The van der Waals surface area contributed by atoms with Gasteiger partial charge in [0, 0.05) is 49.9 Å². The van der Waals surface area contributed by atoms with E-state index in [-0.39, 0.29) is 29.5 Å². The molecule has 40 heavy (non-hydrogen) atoms. The van der Waals surface area contributed by atoms with E-state index < -0.39 is 17.8 Å². The predicted octanol–water partition coefficient (Wildman–Crippen LogP) is 4.07. The number of pyridine rings is 2. The summed E-state index contributed by atoms with van der Waals surface area (Å²) in [5.41, 5.74) is 1.77. The molecule has 0 amide bonds. The number of nitriles is 2. The van der Waals surface area contributed by atoms with E-state index in [4.69, 9.17) is 14.7 Å². The van der Waals surface area contributed by atoms with Gasteiger partial charge in [-0.05, 0) is 31.9 Å². The number of hydrogen-bond acceptors (Lipinski definition) is 9. The molecule has 0 saturated carbocycles. The Balaban J connectivity index is 1.54. The van der Waals surface area contributed by atoms with Gasteiger partial charge in [-0.2, -0.15) is 28.8 Å². The molecule has 1 aliphatic rings. The second-order valence-electron chi connectivity index (χ2n) is 9.41. The summed E-state index contributed by atoms with van der Waals surface area (Å²) >= 11 is 0. The van der Waals surface area contributed by atoms with Crippen LogP contribution in [0.1, 0.15) is 47.4 Å². The topological polar surface area (TPSA) is 130 Å². The van der Waals surface area contributed by atoms with Crippen LogP contribution < -0.4 is 4.74 Å². The molecule has 4 aromatic rings. The van der Waals surface area contributed by atoms with Crippen LogP contribution >= 0.6 is 0 Å². The minimum absolute atomic E-state index is 0.0774. The highest BCUT2D eigenvalue weighted by molar-refractivity contribution is 5.74. The predicted molar refractivity (Wildman–Crippen MR) is 134 cm³/mol. The van der Waals surface area contributed by atoms with Crippen molar-refractivity contribution in [1.82, 2.24) is 34.5 Å². The van der Waals surface area contributed by atoms with E-state index in [0.29, 0.717) is 29.9 Å². The Morgan fingerprint density at radius 2 is 1.93 bits per heavy atom. The maximum atomic E-state index is 13.4. The van der Waals surface area contributed by atoms with Crippen LogP contribution in [0.3, 0.4) is 0 Å². The molecule has 0 aromatic carbocycles. The molecule has 5 heterocycles. The molecule has 0 bridgehead atoms. The molecule has 4 aromatic heterocycles. The average Bonchev–Trinajstić information content (AvgIpc) is 3.55. The molecule has 1 fully saturated rings. The van der Waals surface area contributed by atoms with Gasteiger partial charge in [-0.1, -0.05) is 5.21 Å². The van der Waals surface area contributed by atoms with E-state index in [9.17, 15) is 18.4 Å². The van der Waals surface area contributed by atoms with Crippen molar-refractivity contribution < 1.29 is 22.6 Å². The van der Waals surface area contributed by atoms with Crippen molar-refractivity contribution >= 4 is 5.52 Å².